The van der Waals surface area contributed by atoms with E-state index in [2.05, 4.69) is 30.7 Å². The quantitative estimate of drug-likeness (QED) is 0.705. The smallest absolute Gasteiger partial charge is 0.161 e. The number of hydrogen-bond donors (Lipinski definition) is 0. The molecule has 18 heavy (non-hydrogen) atoms. The standard InChI is InChI=1S/C14H14Cl2N2/c1-14(2,3)11-8-12(16)18-13(17-11)9-5-4-6-10(15)7-9/h4-8H,1-3H3. The fourth-order valence-electron chi connectivity index (χ4n) is 1.56. The first-order valence-corrected chi connectivity index (χ1v) is 6.43. The highest BCUT2D eigenvalue weighted by Gasteiger charge is 2.18. The SMILES string of the molecule is CC(C)(C)c1cc(Cl)nc(-c2cccc(Cl)c2)n1. The summed E-state index contributed by atoms with van der Waals surface area (Å²) < 4.78 is 0. The molecule has 2 nitrogen and oxygen atoms in total. The highest BCUT2D eigenvalue weighted by atomic mass is 35.5. The van der Waals surface area contributed by atoms with Gasteiger partial charge in [0.2, 0.25) is 0 Å². The molecule has 94 valence electrons. The van der Waals surface area contributed by atoms with Crippen LogP contribution in [0, 0.1) is 0 Å². The molecular formula is C14H14Cl2N2. The maximum absolute atomic E-state index is 6.06. The first-order chi connectivity index (χ1) is 8.36. The number of hydrogen-bond acceptors (Lipinski definition) is 2. The molecule has 0 spiro atoms. The van der Waals surface area contributed by atoms with E-state index >= 15 is 0 Å². The van der Waals surface area contributed by atoms with Gasteiger partial charge in [-0.05, 0) is 18.2 Å². The Hall–Kier alpha value is -1.12. The van der Waals surface area contributed by atoms with Gasteiger partial charge in [0.15, 0.2) is 5.82 Å². The van der Waals surface area contributed by atoms with Crippen LogP contribution in [0.1, 0.15) is 26.5 Å². The Bertz CT molecular complexity index is 574. The van der Waals surface area contributed by atoms with Crippen LogP contribution in [0.4, 0.5) is 0 Å². The predicted molar refractivity (Wildman–Crippen MR) is 76.2 cm³/mol. The molecule has 0 radical (unpaired) electrons. The van der Waals surface area contributed by atoms with Crippen LogP contribution in [-0.4, -0.2) is 9.97 Å². The van der Waals surface area contributed by atoms with Gasteiger partial charge in [-0.3, -0.25) is 0 Å². The Labute approximate surface area is 117 Å². The minimum Gasteiger partial charge on any atom is -0.232 e. The van der Waals surface area contributed by atoms with E-state index in [0.717, 1.165) is 11.3 Å². The van der Waals surface area contributed by atoms with Crippen LogP contribution in [0.5, 0.6) is 0 Å². The lowest BCUT2D eigenvalue weighted by atomic mass is 9.92. The van der Waals surface area contributed by atoms with Crippen molar-refractivity contribution >= 4 is 23.2 Å². The van der Waals surface area contributed by atoms with Crippen LogP contribution in [0.15, 0.2) is 30.3 Å². The van der Waals surface area contributed by atoms with Crippen LogP contribution in [0.2, 0.25) is 10.2 Å². The summed E-state index contributed by atoms with van der Waals surface area (Å²) in [5.74, 6) is 0.606. The average Bonchev–Trinajstić information content (AvgIpc) is 2.27. The van der Waals surface area contributed by atoms with Crippen molar-refractivity contribution < 1.29 is 0 Å². The van der Waals surface area contributed by atoms with Gasteiger partial charge in [-0.15, -0.1) is 0 Å². The molecule has 2 aromatic rings. The Morgan fingerprint density at radius 2 is 1.72 bits per heavy atom. The fraction of sp³-hybridized carbons (Fsp3) is 0.286. The van der Waals surface area contributed by atoms with Gasteiger partial charge >= 0.3 is 0 Å². The van der Waals surface area contributed by atoms with Gasteiger partial charge in [0.25, 0.3) is 0 Å². The van der Waals surface area contributed by atoms with Crippen molar-refractivity contribution in [2.75, 3.05) is 0 Å². The topological polar surface area (TPSA) is 25.8 Å². The second-order valence-electron chi connectivity index (χ2n) is 5.16. The van der Waals surface area contributed by atoms with E-state index in [9.17, 15) is 0 Å². The highest BCUT2D eigenvalue weighted by Crippen LogP contribution is 2.26. The Morgan fingerprint density at radius 1 is 1.00 bits per heavy atom. The van der Waals surface area contributed by atoms with E-state index < -0.39 is 0 Å². The summed E-state index contributed by atoms with van der Waals surface area (Å²) in [6.07, 6.45) is 0. The normalized spacial score (nSPS) is 11.6. The van der Waals surface area contributed by atoms with E-state index in [4.69, 9.17) is 23.2 Å². The summed E-state index contributed by atoms with van der Waals surface area (Å²) in [4.78, 5) is 8.82. The third kappa shape index (κ3) is 3.01. The van der Waals surface area contributed by atoms with Crippen molar-refractivity contribution in [2.24, 2.45) is 0 Å². The molecular weight excluding hydrogens is 267 g/mol. The van der Waals surface area contributed by atoms with Crippen LogP contribution in [-0.2, 0) is 5.41 Å². The molecule has 0 aliphatic carbocycles. The first kappa shape index (κ1) is 13.3. The summed E-state index contributed by atoms with van der Waals surface area (Å²) in [5, 5.41) is 1.11. The molecule has 0 aliphatic rings. The highest BCUT2D eigenvalue weighted by molar-refractivity contribution is 6.31. The summed E-state index contributed by atoms with van der Waals surface area (Å²) in [6, 6.07) is 9.25. The van der Waals surface area contributed by atoms with E-state index in [0.29, 0.717) is 16.0 Å². The van der Waals surface area contributed by atoms with Crippen molar-refractivity contribution in [1.29, 1.82) is 0 Å². The number of aromatic nitrogens is 2. The van der Waals surface area contributed by atoms with E-state index in [-0.39, 0.29) is 5.41 Å². The monoisotopic (exact) mass is 280 g/mol. The minimum atomic E-state index is -0.0695. The zero-order valence-corrected chi connectivity index (χ0v) is 12.0. The number of nitrogens with zero attached hydrogens (tertiary/aromatic N) is 2. The van der Waals surface area contributed by atoms with Crippen molar-refractivity contribution in [3.05, 3.63) is 46.2 Å². The number of rotatable bonds is 1. The van der Waals surface area contributed by atoms with Crippen molar-refractivity contribution in [2.45, 2.75) is 26.2 Å². The molecule has 0 saturated heterocycles. The van der Waals surface area contributed by atoms with Crippen molar-refractivity contribution in [3.63, 3.8) is 0 Å². The molecule has 0 saturated carbocycles. The van der Waals surface area contributed by atoms with Crippen LogP contribution in [0.3, 0.4) is 0 Å². The summed E-state index contributed by atoms with van der Waals surface area (Å²) in [7, 11) is 0. The lowest BCUT2D eigenvalue weighted by Gasteiger charge is -2.18. The van der Waals surface area contributed by atoms with Gasteiger partial charge in [-0.2, -0.15) is 0 Å². The molecule has 0 unspecified atom stereocenters. The molecule has 0 atom stereocenters. The number of halogens is 2. The molecule has 2 rings (SSSR count). The van der Waals surface area contributed by atoms with Gasteiger partial charge in [-0.25, -0.2) is 9.97 Å². The molecule has 0 bridgehead atoms. The zero-order valence-electron chi connectivity index (χ0n) is 10.5. The van der Waals surface area contributed by atoms with Gasteiger partial charge < -0.3 is 0 Å². The number of benzene rings is 1. The van der Waals surface area contributed by atoms with E-state index in [1.165, 1.54) is 0 Å². The third-order valence-corrected chi connectivity index (χ3v) is 2.97. The van der Waals surface area contributed by atoms with E-state index in [1.807, 2.05) is 24.3 Å². The Kier molecular flexibility index (Phi) is 3.60. The summed E-state index contributed by atoms with van der Waals surface area (Å²) in [6.45, 7) is 6.27. The van der Waals surface area contributed by atoms with Gasteiger partial charge in [0.1, 0.15) is 5.15 Å². The fourth-order valence-corrected chi connectivity index (χ4v) is 1.93. The molecule has 0 amide bonds. The molecule has 1 aromatic carbocycles. The first-order valence-electron chi connectivity index (χ1n) is 5.67. The molecule has 0 aliphatic heterocycles. The van der Waals surface area contributed by atoms with Gasteiger partial charge in [0, 0.05) is 16.0 Å². The lowest BCUT2D eigenvalue weighted by molar-refractivity contribution is 0.568. The Balaban J connectivity index is 2.55. The predicted octanol–water partition coefficient (Wildman–Crippen LogP) is 4.75. The molecule has 1 aromatic heterocycles. The largest absolute Gasteiger partial charge is 0.232 e. The summed E-state index contributed by atoms with van der Waals surface area (Å²) >= 11 is 12.0. The maximum atomic E-state index is 6.06. The molecule has 0 N–H and O–H groups in total. The lowest BCUT2D eigenvalue weighted by Crippen LogP contribution is -2.14. The zero-order chi connectivity index (χ0) is 13.3. The molecule has 1 heterocycles. The third-order valence-electron chi connectivity index (χ3n) is 2.55. The second-order valence-corrected chi connectivity index (χ2v) is 5.98. The summed E-state index contributed by atoms with van der Waals surface area (Å²) in [5.41, 5.74) is 1.72. The maximum Gasteiger partial charge on any atom is 0.161 e. The van der Waals surface area contributed by atoms with Crippen molar-refractivity contribution in [1.82, 2.24) is 9.97 Å². The molecule has 4 heteroatoms. The average molecular weight is 281 g/mol. The van der Waals surface area contributed by atoms with Gasteiger partial charge in [-0.1, -0.05) is 56.1 Å². The second kappa shape index (κ2) is 4.87. The van der Waals surface area contributed by atoms with E-state index in [1.54, 1.807) is 6.07 Å². The minimum absolute atomic E-state index is 0.0695. The van der Waals surface area contributed by atoms with Crippen molar-refractivity contribution in [3.8, 4) is 11.4 Å². The van der Waals surface area contributed by atoms with Gasteiger partial charge in [0.05, 0.1) is 5.69 Å². The Morgan fingerprint density at radius 3 is 2.33 bits per heavy atom. The van der Waals surface area contributed by atoms with Crippen LogP contribution in [0.25, 0.3) is 11.4 Å². The van der Waals surface area contributed by atoms with Crippen LogP contribution >= 0.6 is 23.2 Å². The van der Waals surface area contributed by atoms with Crippen LogP contribution < -0.4 is 0 Å². The molecule has 0 fully saturated rings.